The van der Waals surface area contributed by atoms with Gasteiger partial charge in [0.25, 0.3) is 0 Å². The summed E-state index contributed by atoms with van der Waals surface area (Å²) in [6, 6.07) is 4.85. The first kappa shape index (κ1) is 24.7. The molecule has 0 radical (unpaired) electrons. The molecule has 0 aliphatic carbocycles. The lowest BCUT2D eigenvalue weighted by atomic mass is 9.94. The van der Waals surface area contributed by atoms with Crippen molar-refractivity contribution in [2.45, 2.75) is 51.5 Å². The Labute approximate surface area is 200 Å². The van der Waals surface area contributed by atoms with Crippen LogP contribution in [0.3, 0.4) is 0 Å². The minimum Gasteiger partial charge on any atom is -0.372 e. The summed E-state index contributed by atoms with van der Waals surface area (Å²) in [4.78, 5) is 33.8. The first-order valence-electron chi connectivity index (χ1n) is 11.4. The Balaban J connectivity index is 1.29. The molecule has 184 valence electrons. The number of carbonyl (C=O) groups excluding carboxylic acids is 2. The van der Waals surface area contributed by atoms with Crippen molar-refractivity contribution >= 4 is 23.2 Å². The number of morpholine rings is 1. The fourth-order valence-electron chi connectivity index (χ4n) is 4.58. The number of alkyl halides is 3. The highest BCUT2D eigenvalue weighted by Crippen LogP contribution is 2.32. The zero-order valence-electron chi connectivity index (χ0n) is 19.2. The van der Waals surface area contributed by atoms with Crippen molar-refractivity contribution in [3.8, 4) is 10.6 Å². The minimum absolute atomic E-state index is 0.0277. The molecule has 3 heterocycles. The molecule has 1 aromatic heterocycles. The van der Waals surface area contributed by atoms with Gasteiger partial charge >= 0.3 is 6.18 Å². The zero-order valence-corrected chi connectivity index (χ0v) is 20.0. The van der Waals surface area contributed by atoms with Crippen molar-refractivity contribution in [2.75, 3.05) is 26.2 Å². The second-order valence-corrected chi connectivity index (χ2v) is 9.91. The SMILES string of the molecule is CC1CN(C(=O)C2CCN(C(=O)Cc3csc(-c4ccc(C(F)(F)F)cc4)n3)CC2)CC(C)O1. The number of piperidine rings is 1. The average molecular weight is 496 g/mol. The predicted molar refractivity (Wildman–Crippen MR) is 122 cm³/mol. The van der Waals surface area contributed by atoms with Gasteiger partial charge in [0.05, 0.1) is 29.9 Å². The third-order valence-electron chi connectivity index (χ3n) is 6.27. The molecule has 0 bridgehead atoms. The van der Waals surface area contributed by atoms with Gasteiger partial charge in [0.15, 0.2) is 0 Å². The van der Waals surface area contributed by atoms with E-state index in [4.69, 9.17) is 4.74 Å². The van der Waals surface area contributed by atoms with Gasteiger partial charge in [0.1, 0.15) is 5.01 Å². The molecular formula is C24H28F3N3O3S. The zero-order chi connectivity index (χ0) is 24.5. The van der Waals surface area contributed by atoms with Crippen LogP contribution < -0.4 is 0 Å². The number of carbonyl (C=O) groups is 2. The largest absolute Gasteiger partial charge is 0.416 e. The summed E-state index contributed by atoms with van der Waals surface area (Å²) in [5.74, 6) is 0.0191. The number of nitrogens with zero attached hydrogens (tertiary/aromatic N) is 3. The molecule has 2 fully saturated rings. The van der Waals surface area contributed by atoms with Gasteiger partial charge in [-0.3, -0.25) is 9.59 Å². The van der Waals surface area contributed by atoms with Crippen LogP contribution in [0.15, 0.2) is 29.6 Å². The average Bonchev–Trinajstić information content (AvgIpc) is 3.26. The van der Waals surface area contributed by atoms with Crippen LogP contribution >= 0.6 is 11.3 Å². The molecule has 2 amide bonds. The molecule has 2 aromatic rings. The van der Waals surface area contributed by atoms with Crippen LogP contribution in [0.4, 0.5) is 13.2 Å². The molecule has 34 heavy (non-hydrogen) atoms. The van der Waals surface area contributed by atoms with E-state index >= 15 is 0 Å². The first-order chi connectivity index (χ1) is 16.1. The van der Waals surface area contributed by atoms with Gasteiger partial charge in [-0.1, -0.05) is 12.1 Å². The highest BCUT2D eigenvalue weighted by Gasteiger charge is 2.34. The van der Waals surface area contributed by atoms with Crippen molar-refractivity contribution in [1.82, 2.24) is 14.8 Å². The maximum atomic E-state index is 12.9. The maximum absolute atomic E-state index is 12.9. The second kappa shape index (κ2) is 10.0. The van der Waals surface area contributed by atoms with Gasteiger partial charge < -0.3 is 14.5 Å². The normalized spacial score (nSPS) is 22.1. The number of likely N-dealkylation sites (tertiary alicyclic amines) is 1. The van der Waals surface area contributed by atoms with E-state index in [1.54, 1.807) is 10.3 Å². The van der Waals surface area contributed by atoms with E-state index in [0.717, 1.165) is 12.1 Å². The van der Waals surface area contributed by atoms with E-state index in [-0.39, 0.29) is 36.4 Å². The van der Waals surface area contributed by atoms with Crippen molar-refractivity contribution in [2.24, 2.45) is 5.92 Å². The van der Waals surface area contributed by atoms with Crippen LogP contribution in [0.5, 0.6) is 0 Å². The van der Waals surface area contributed by atoms with Gasteiger partial charge in [-0.05, 0) is 38.8 Å². The molecule has 2 aliphatic heterocycles. The molecular weight excluding hydrogens is 467 g/mol. The lowest BCUT2D eigenvalue weighted by Crippen LogP contribution is -2.51. The van der Waals surface area contributed by atoms with Crippen LogP contribution in [0.2, 0.25) is 0 Å². The van der Waals surface area contributed by atoms with Crippen molar-refractivity contribution in [1.29, 1.82) is 0 Å². The Morgan fingerprint density at radius 1 is 1.06 bits per heavy atom. The van der Waals surface area contributed by atoms with Gasteiger partial charge in [0.2, 0.25) is 11.8 Å². The van der Waals surface area contributed by atoms with Crippen LogP contribution in [-0.4, -0.2) is 65.0 Å². The number of rotatable bonds is 4. The van der Waals surface area contributed by atoms with Crippen molar-refractivity contribution in [3.05, 3.63) is 40.9 Å². The van der Waals surface area contributed by atoms with E-state index in [1.165, 1.54) is 23.5 Å². The van der Waals surface area contributed by atoms with E-state index in [2.05, 4.69) is 4.98 Å². The highest BCUT2D eigenvalue weighted by atomic mass is 32.1. The standard InChI is InChI=1S/C24H28F3N3O3S/c1-15-12-30(13-16(2)33-15)23(32)18-7-9-29(10-8-18)21(31)11-20-14-34-22(28-20)17-3-5-19(6-4-17)24(25,26)27/h3-6,14-16,18H,7-13H2,1-2H3. The Bertz CT molecular complexity index is 1010. The number of halogens is 3. The Kier molecular flexibility index (Phi) is 7.28. The molecule has 2 aliphatic rings. The molecule has 1 aromatic carbocycles. The monoisotopic (exact) mass is 495 g/mol. The summed E-state index contributed by atoms with van der Waals surface area (Å²) in [5.41, 5.74) is 0.477. The fourth-order valence-corrected chi connectivity index (χ4v) is 5.41. The quantitative estimate of drug-likeness (QED) is 0.637. The smallest absolute Gasteiger partial charge is 0.372 e. The number of hydrogen-bond donors (Lipinski definition) is 0. The van der Waals surface area contributed by atoms with Crippen LogP contribution in [-0.2, 0) is 26.9 Å². The first-order valence-corrected chi connectivity index (χ1v) is 12.3. The summed E-state index contributed by atoms with van der Waals surface area (Å²) >= 11 is 1.30. The number of benzene rings is 1. The third-order valence-corrected chi connectivity index (χ3v) is 7.21. The van der Waals surface area contributed by atoms with Crippen LogP contribution in [0, 0.1) is 5.92 Å². The summed E-state index contributed by atoms with van der Waals surface area (Å²) in [6.45, 7) is 6.21. The van der Waals surface area contributed by atoms with Crippen molar-refractivity contribution < 1.29 is 27.5 Å². The minimum atomic E-state index is -4.38. The number of ether oxygens (including phenoxy) is 1. The lowest BCUT2D eigenvalue weighted by Gasteiger charge is -2.39. The molecule has 4 rings (SSSR count). The van der Waals surface area contributed by atoms with E-state index in [9.17, 15) is 22.8 Å². The Morgan fingerprint density at radius 3 is 2.26 bits per heavy atom. The summed E-state index contributed by atoms with van der Waals surface area (Å²) < 4.78 is 44.0. The molecule has 10 heteroatoms. The number of hydrogen-bond acceptors (Lipinski definition) is 5. The Hall–Kier alpha value is -2.46. The fraction of sp³-hybridized carbons (Fsp3) is 0.542. The van der Waals surface area contributed by atoms with Crippen LogP contribution in [0.25, 0.3) is 10.6 Å². The predicted octanol–water partition coefficient (Wildman–Crippen LogP) is 4.25. The molecule has 6 nitrogen and oxygen atoms in total. The summed E-state index contributed by atoms with van der Waals surface area (Å²) in [5, 5.41) is 2.34. The Morgan fingerprint density at radius 2 is 1.68 bits per heavy atom. The third kappa shape index (κ3) is 5.78. The number of amides is 2. The highest BCUT2D eigenvalue weighted by molar-refractivity contribution is 7.13. The van der Waals surface area contributed by atoms with E-state index in [0.29, 0.717) is 55.3 Å². The van der Waals surface area contributed by atoms with Gasteiger partial charge in [-0.25, -0.2) is 4.98 Å². The lowest BCUT2D eigenvalue weighted by molar-refractivity contribution is -0.150. The van der Waals surface area contributed by atoms with Gasteiger partial charge in [-0.15, -0.1) is 11.3 Å². The topological polar surface area (TPSA) is 62.7 Å². The number of thiazole rings is 1. The molecule has 2 unspecified atom stereocenters. The number of aromatic nitrogens is 1. The molecule has 0 spiro atoms. The van der Waals surface area contributed by atoms with Gasteiger partial charge in [-0.2, -0.15) is 13.2 Å². The van der Waals surface area contributed by atoms with E-state index < -0.39 is 11.7 Å². The second-order valence-electron chi connectivity index (χ2n) is 9.05. The summed E-state index contributed by atoms with van der Waals surface area (Å²) in [6.07, 6.45) is -2.92. The molecule has 2 atom stereocenters. The molecule has 0 N–H and O–H groups in total. The van der Waals surface area contributed by atoms with Crippen LogP contribution in [0.1, 0.15) is 37.9 Å². The summed E-state index contributed by atoms with van der Waals surface area (Å²) in [7, 11) is 0. The maximum Gasteiger partial charge on any atom is 0.416 e. The molecule has 0 saturated carbocycles. The molecule has 2 saturated heterocycles. The van der Waals surface area contributed by atoms with E-state index in [1.807, 2.05) is 18.7 Å². The van der Waals surface area contributed by atoms with Crippen molar-refractivity contribution in [3.63, 3.8) is 0 Å². The van der Waals surface area contributed by atoms with Gasteiger partial charge in [0, 0.05) is 43.0 Å².